The molecule has 8 N–H and O–H groups in total. The van der Waals surface area contributed by atoms with E-state index in [2.05, 4.69) is 62.5 Å². The first kappa shape index (κ1) is 65.2. The molecule has 0 saturated carbocycles. The summed E-state index contributed by atoms with van der Waals surface area (Å²) >= 11 is 0. The van der Waals surface area contributed by atoms with E-state index in [0.717, 1.165) is 32.1 Å². The van der Waals surface area contributed by atoms with Gasteiger partial charge < -0.3 is 61.8 Å². The highest BCUT2D eigenvalue weighted by molar-refractivity contribution is 6.04. The van der Waals surface area contributed by atoms with Gasteiger partial charge in [-0.15, -0.1) is 24.8 Å². The number of nitrogens with one attached hydrogen (secondary N) is 8. The maximum atomic E-state index is 14.0. The third-order valence-electron chi connectivity index (χ3n) is 14.5. The van der Waals surface area contributed by atoms with Crippen molar-refractivity contribution in [3.63, 3.8) is 0 Å². The lowest BCUT2D eigenvalue weighted by atomic mass is 9.85. The molecule has 2 aliphatic heterocycles. The van der Waals surface area contributed by atoms with Crippen molar-refractivity contribution >= 4 is 105 Å². The average Bonchev–Trinajstić information content (AvgIpc) is 4.16. The van der Waals surface area contributed by atoms with Gasteiger partial charge in [-0.25, -0.2) is 19.9 Å². The Kier molecular flexibility index (Phi) is 24.1. The number of nitrogens with zero attached hydrogens (tertiary/aromatic N) is 6. The number of unbranched alkanes of at least 4 members (excludes halogenated alkanes) is 4. The molecule has 4 aromatic rings. The highest BCUT2D eigenvalue weighted by atomic mass is 35.5. The zero-order chi connectivity index (χ0) is 56.2. The Labute approximate surface area is 476 Å². The third kappa shape index (κ3) is 16.4. The summed E-state index contributed by atoms with van der Waals surface area (Å²) in [7, 11) is 6.41. The number of likely N-dealkylation sites (N-methyl/N-ethyl adjacent to an activating group) is 2. The minimum atomic E-state index is -0.832. The molecule has 22 nitrogen and oxygen atoms in total. The Morgan fingerprint density at radius 1 is 0.582 bits per heavy atom. The molecule has 2 aromatic heterocycles. The number of fused-ring (bicyclic) bond motifs is 2. The average molecular weight is 1140 g/mol. The maximum absolute atomic E-state index is 14.0. The molecule has 0 unspecified atom stereocenters. The Morgan fingerprint density at radius 3 is 1.29 bits per heavy atom. The van der Waals surface area contributed by atoms with E-state index in [1.54, 1.807) is 62.0 Å². The molecule has 2 aliphatic rings. The number of amides is 6. The smallest absolute Gasteiger partial charge is 0.247 e. The van der Waals surface area contributed by atoms with E-state index in [0.29, 0.717) is 108 Å². The summed E-state index contributed by atoms with van der Waals surface area (Å²) in [6, 6.07) is 2.97. The number of rotatable bonds is 24. The van der Waals surface area contributed by atoms with E-state index in [1.165, 1.54) is 26.9 Å². The first-order valence-electron chi connectivity index (χ1n) is 26.9. The van der Waals surface area contributed by atoms with E-state index in [4.69, 9.17) is 9.47 Å². The van der Waals surface area contributed by atoms with Gasteiger partial charge in [0.2, 0.25) is 35.4 Å². The lowest BCUT2D eigenvalue weighted by Gasteiger charge is -2.36. The van der Waals surface area contributed by atoms with Crippen LogP contribution in [0.25, 0.3) is 21.8 Å². The molecule has 6 atom stereocenters. The molecule has 24 heteroatoms. The molecule has 79 heavy (non-hydrogen) atoms. The first-order chi connectivity index (χ1) is 36.6. The van der Waals surface area contributed by atoms with E-state index in [-0.39, 0.29) is 60.3 Å². The quantitative estimate of drug-likeness (QED) is 0.0371. The first-order valence-corrected chi connectivity index (χ1v) is 26.9. The van der Waals surface area contributed by atoms with Gasteiger partial charge in [-0.1, -0.05) is 60.8 Å². The van der Waals surface area contributed by atoms with Crippen molar-refractivity contribution in [3.05, 3.63) is 36.9 Å². The molecule has 2 aromatic carbocycles. The number of likely N-dealkylation sites (tertiary alicyclic amines) is 2. The zero-order valence-electron chi connectivity index (χ0n) is 47.9. The van der Waals surface area contributed by atoms with Gasteiger partial charge in [-0.05, 0) is 89.4 Å². The Hall–Kier alpha value is -6.36. The highest BCUT2D eigenvalue weighted by Crippen LogP contribution is 2.36. The lowest BCUT2D eigenvalue weighted by Crippen LogP contribution is -2.59. The number of ether oxygens (including phenoxy) is 2. The predicted octanol–water partition coefficient (Wildman–Crippen LogP) is 6.04. The second-order valence-corrected chi connectivity index (χ2v) is 22.2. The third-order valence-corrected chi connectivity index (χ3v) is 14.5. The van der Waals surface area contributed by atoms with Crippen LogP contribution in [0.4, 0.5) is 23.0 Å². The Morgan fingerprint density at radius 2 is 0.949 bits per heavy atom. The molecule has 0 spiro atoms. The lowest BCUT2D eigenvalue weighted by molar-refractivity contribution is -0.143. The van der Waals surface area contributed by atoms with Crippen LogP contribution < -0.4 is 52.0 Å². The van der Waals surface area contributed by atoms with Crippen LogP contribution in [0.5, 0.6) is 11.5 Å². The monoisotopic (exact) mass is 1140 g/mol. The fourth-order valence-corrected chi connectivity index (χ4v) is 9.64. The molecular formula is C55H84Cl2N14O8. The summed E-state index contributed by atoms with van der Waals surface area (Å²) in [6.45, 7) is 16.9. The molecule has 0 radical (unpaired) electrons. The summed E-state index contributed by atoms with van der Waals surface area (Å²) in [5.41, 5.74) is 0.920. The number of carbonyl (C=O) groups excluding carboxylic acids is 6. The molecule has 4 heterocycles. The van der Waals surface area contributed by atoms with Crippen LogP contribution in [0, 0.1) is 10.8 Å². The predicted molar refractivity (Wildman–Crippen MR) is 313 cm³/mol. The van der Waals surface area contributed by atoms with Gasteiger partial charge in [0.15, 0.2) is 0 Å². The minimum Gasteiger partial charge on any atom is -0.494 e. The Bertz CT molecular complexity index is 2580. The Balaban J connectivity index is 0.00000672. The fourth-order valence-electron chi connectivity index (χ4n) is 9.64. The van der Waals surface area contributed by atoms with Gasteiger partial charge in [0.25, 0.3) is 0 Å². The number of methoxy groups -OCH3 is 2. The van der Waals surface area contributed by atoms with Gasteiger partial charge in [0.05, 0.1) is 48.7 Å². The van der Waals surface area contributed by atoms with Crippen molar-refractivity contribution < 1.29 is 38.2 Å². The highest BCUT2D eigenvalue weighted by Gasteiger charge is 2.44. The van der Waals surface area contributed by atoms with Crippen molar-refractivity contribution in [1.82, 2.24) is 51.0 Å². The van der Waals surface area contributed by atoms with Crippen molar-refractivity contribution in [2.24, 2.45) is 10.8 Å². The van der Waals surface area contributed by atoms with E-state index >= 15 is 0 Å². The van der Waals surface area contributed by atoms with Gasteiger partial charge >= 0.3 is 0 Å². The number of aromatic nitrogens is 4. The van der Waals surface area contributed by atoms with Gasteiger partial charge in [0, 0.05) is 49.1 Å². The number of hydrogen-bond donors (Lipinski definition) is 8. The van der Waals surface area contributed by atoms with Crippen LogP contribution in [-0.4, -0.2) is 156 Å². The zero-order valence-corrected chi connectivity index (χ0v) is 49.5. The van der Waals surface area contributed by atoms with Crippen molar-refractivity contribution in [3.8, 4) is 11.5 Å². The summed E-state index contributed by atoms with van der Waals surface area (Å²) in [6.07, 6.45) is 9.93. The van der Waals surface area contributed by atoms with Gasteiger partial charge in [-0.2, -0.15) is 0 Å². The van der Waals surface area contributed by atoms with Gasteiger partial charge in [0.1, 0.15) is 60.0 Å². The molecule has 436 valence electrons. The second-order valence-electron chi connectivity index (χ2n) is 22.2. The normalized spacial score (nSPS) is 16.9. The standard InChI is InChI=1S/C55H82N14O8.2ClH/c1-32(56-9)48(70)66-44(54(3,4)5)52(74)68-24-18-20-40(68)50(72)64-38-26-34-36(28-42(38)76-11)60-30-62-46(34)58-22-16-14-13-15-17-23-59-47-35-27-39(43(77-12)29-37(35)61-31-63-47)65-51(73)41-21-19-25-69(41)53(75)45(55(6,7)8)67-49(71)33(2)57-10;;/h26-33,40-41,44-45,56-57H,13-25H2,1-12H3,(H,64,72)(H,65,73)(H,66,70)(H,67,71)(H,58,60,62)(H,59,61,63);2*1H/t32-,33-,40-,41-,44+,45+;;/m0../s1. The maximum Gasteiger partial charge on any atom is 0.247 e. The summed E-state index contributed by atoms with van der Waals surface area (Å²) < 4.78 is 11.4. The number of halogens is 2. The SMILES string of the molecule is CN[C@@H](C)C(=O)N[C@H](C(=O)N1CCC[C@H]1C(=O)Nc1cc2c(NCCCCCCCNc3ncnc4cc(OC)c(NC(=O)[C@@H]5CCCN5C(=O)[C@@H](NC(=O)[C@H](C)NC)C(C)(C)C)cc34)ncnc2cc1OC)C(C)(C)C.Cl.Cl. The van der Waals surface area contributed by atoms with Crippen LogP contribution in [-0.2, 0) is 28.8 Å². The fraction of sp³-hybridized carbons (Fsp3) is 0.600. The molecule has 6 amide bonds. The number of benzene rings is 2. The van der Waals surface area contributed by atoms with E-state index in [9.17, 15) is 28.8 Å². The van der Waals surface area contributed by atoms with Gasteiger partial charge in [-0.3, -0.25) is 28.8 Å². The second kappa shape index (κ2) is 29.2. The van der Waals surface area contributed by atoms with Crippen LogP contribution >= 0.6 is 24.8 Å². The van der Waals surface area contributed by atoms with Crippen molar-refractivity contribution in [2.75, 3.05) is 75.8 Å². The summed E-state index contributed by atoms with van der Waals surface area (Å²) in [5, 5.41) is 26.0. The number of carbonyl (C=O) groups is 6. The molecule has 0 aliphatic carbocycles. The largest absolute Gasteiger partial charge is 0.494 e. The molecule has 0 bridgehead atoms. The van der Waals surface area contributed by atoms with Crippen LogP contribution in [0.1, 0.15) is 113 Å². The van der Waals surface area contributed by atoms with Crippen LogP contribution in [0.15, 0.2) is 36.9 Å². The molecular weight excluding hydrogens is 1060 g/mol. The summed E-state index contributed by atoms with van der Waals surface area (Å²) in [4.78, 5) is 103. The molecule has 6 rings (SSSR count). The number of anilines is 4. The van der Waals surface area contributed by atoms with E-state index in [1.807, 2.05) is 41.5 Å². The minimum absolute atomic E-state index is 0. The van der Waals surface area contributed by atoms with Crippen LogP contribution in [0.3, 0.4) is 0 Å². The van der Waals surface area contributed by atoms with Crippen molar-refractivity contribution in [2.45, 2.75) is 149 Å². The van der Waals surface area contributed by atoms with E-state index < -0.39 is 47.1 Å². The van der Waals surface area contributed by atoms with Crippen molar-refractivity contribution in [1.29, 1.82) is 0 Å². The topological polar surface area (TPSA) is 275 Å². The number of hydrogen-bond acceptors (Lipinski definition) is 16. The summed E-state index contributed by atoms with van der Waals surface area (Å²) in [5.74, 6) is 0.186. The molecule has 2 saturated heterocycles. The molecule has 2 fully saturated rings. The van der Waals surface area contributed by atoms with Crippen LogP contribution in [0.2, 0.25) is 0 Å².